The minimum atomic E-state index is -0.993. The van der Waals surface area contributed by atoms with Crippen LogP contribution in [-0.4, -0.2) is 18.4 Å². The maximum Gasteiger partial charge on any atom is 0.230 e. The van der Waals surface area contributed by atoms with E-state index in [-0.39, 0.29) is 29.3 Å². The zero-order chi connectivity index (χ0) is 20.1. The summed E-state index contributed by atoms with van der Waals surface area (Å²) in [6.45, 7) is 2.55. The Labute approximate surface area is 163 Å². The Morgan fingerprint density at radius 3 is 2.21 bits per heavy atom. The standard InChI is InChI=1S/C22H24F2N2O2/c1-2-26(18-6-4-3-5-7-18)22(28)16-10-8-15(9-11-16)21(27)25-17-12-13-19(23)20(24)14-17/h3-7,12-16H,2,8-11H2,1H3,(H,25,27). The van der Waals surface area contributed by atoms with Gasteiger partial charge in [-0.2, -0.15) is 0 Å². The Hall–Kier alpha value is -2.76. The largest absolute Gasteiger partial charge is 0.326 e. The number of halogens is 2. The zero-order valence-corrected chi connectivity index (χ0v) is 15.8. The predicted molar refractivity (Wildman–Crippen MR) is 105 cm³/mol. The quantitative estimate of drug-likeness (QED) is 0.805. The van der Waals surface area contributed by atoms with Crippen LogP contribution in [0.15, 0.2) is 48.5 Å². The molecule has 6 heteroatoms. The number of amides is 2. The van der Waals surface area contributed by atoms with Gasteiger partial charge in [-0.15, -0.1) is 0 Å². The Morgan fingerprint density at radius 1 is 0.964 bits per heavy atom. The number of para-hydroxylation sites is 1. The third-order valence-electron chi connectivity index (χ3n) is 5.28. The molecule has 148 valence electrons. The lowest BCUT2D eigenvalue weighted by atomic mass is 9.80. The number of carbonyl (C=O) groups is 2. The third kappa shape index (κ3) is 4.55. The first-order chi connectivity index (χ1) is 13.5. The summed E-state index contributed by atoms with van der Waals surface area (Å²) in [5, 5.41) is 2.64. The summed E-state index contributed by atoms with van der Waals surface area (Å²) in [5.74, 6) is -2.40. The van der Waals surface area contributed by atoms with E-state index in [2.05, 4.69) is 5.32 Å². The number of benzene rings is 2. The summed E-state index contributed by atoms with van der Waals surface area (Å²) < 4.78 is 26.3. The van der Waals surface area contributed by atoms with Crippen LogP contribution in [0.2, 0.25) is 0 Å². The SMILES string of the molecule is CCN(C(=O)C1CCC(C(=O)Nc2ccc(F)c(F)c2)CC1)c1ccccc1. The minimum Gasteiger partial charge on any atom is -0.326 e. The fourth-order valence-electron chi connectivity index (χ4n) is 3.71. The molecule has 0 spiro atoms. The molecule has 0 bridgehead atoms. The van der Waals surface area contributed by atoms with Gasteiger partial charge < -0.3 is 10.2 Å². The minimum absolute atomic E-state index is 0.0909. The van der Waals surface area contributed by atoms with E-state index in [0.29, 0.717) is 32.2 Å². The predicted octanol–water partition coefficient (Wildman–Crippen LogP) is 4.76. The van der Waals surface area contributed by atoms with Gasteiger partial charge in [-0.3, -0.25) is 9.59 Å². The van der Waals surface area contributed by atoms with Crippen molar-refractivity contribution in [2.45, 2.75) is 32.6 Å². The van der Waals surface area contributed by atoms with Gasteiger partial charge in [0.25, 0.3) is 0 Å². The van der Waals surface area contributed by atoms with Gasteiger partial charge >= 0.3 is 0 Å². The number of nitrogens with zero attached hydrogens (tertiary/aromatic N) is 1. The average molecular weight is 386 g/mol. The van der Waals surface area contributed by atoms with E-state index in [1.165, 1.54) is 6.07 Å². The van der Waals surface area contributed by atoms with Crippen LogP contribution in [0.4, 0.5) is 20.2 Å². The van der Waals surface area contributed by atoms with Gasteiger partial charge in [-0.25, -0.2) is 8.78 Å². The van der Waals surface area contributed by atoms with Gasteiger partial charge in [-0.05, 0) is 56.9 Å². The fourth-order valence-corrected chi connectivity index (χ4v) is 3.71. The van der Waals surface area contributed by atoms with Gasteiger partial charge in [0, 0.05) is 35.8 Å². The van der Waals surface area contributed by atoms with Crippen LogP contribution >= 0.6 is 0 Å². The van der Waals surface area contributed by atoms with Gasteiger partial charge in [0.05, 0.1) is 0 Å². The lowest BCUT2D eigenvalue weighted by Gasteiger charge is -2.31. The lowest BCUT2D eigenvalue weighted by Crippen LogP contribution is -2.39. The second kappa shape index (κ2) is 8.95. The molecular weight excluding hydrogens is 362 g/mol. The van der Waals surface area contributed by atoms with E-state index < -0.39 is 11.6 Å². The first kappa shape index (κ1) is 20.0. The van der Waals surface area contributed by atoms with Crippen LogP contribution in [0, 0.1) is 23.5 Å². The van der Waals surface area contributed by atoms with E-state index in [4.69, 9.17) is 0 Å². The van der Waals surface area contributed by atoms with Gasteiger partial charge in [0.15, 0.2) is 11.6 Å². The van der Waals surface area contributed by atoms with Gasteiger partial charge in [0.1, 0.15) is 0 Å². The van der Waals surface area contributed by atoms with Crippen molar-refractivity contribution in [2.75, 3.05) is 16.8 Å². The molecule has 0 heterocycles. The monoisotopic (exact) mass is 386 g/mol. The van der Waals surface area contributed by atoms with Crippen molar-refractivity contribution in [1.82, 2.24) is 0 Å². The van der Waals surface area contributed by atoms with Crippen LogP contribution in [0.1, 0.15) is 32.6 Å². The first-order valence-corrected chi connectivity index (χ1v) is 9.62. The van der Waals surface area contributed by atoms with E-state index >= 15 is 0 Å². The summed E-state index contributed by atoms with van der Waals surface area (Å²) in [7, 11) is 0. The number of carbonyl (C=O) groups excluding carboxylic acids is 2. The summed E-state index contributed by atoms with van der Waals surface area (Å²) >= 11 is 0. The summed E-state index contributed by atoms with van der Waals surface area (Å²) in [4.78, 5) is 27.1. The normalized spacial score (nSPS) is 19.1. The number of nitrogens with one attached hydrogen (secondary N) is 1. The maximum absolute atomic E-state index is 13.3. The Balaban J connectivity index is 1.56. The van der Waals surface area contributed by atoms with Crippen LogP contribution in [-0.2, 0) is 9.59 Å². The zero-order valence-electron chi connectivity index (χ0n) is 15.8. The topological polar surface area (TPSA) is 49.4 Å². The molecule has 3 rings (SSSR count). The highest BCUT2D eigenvalue weighted by Gasteiger charge is 2.32. The average Bonchev–Trinajstić information content (AvgIpc) is 2.72. The fraction of sp³-hybridized carbons (Fsp3) is 0.364. The third-order valence-corrected chi connectivity index (χ3v) is 5.28. The molecule has 2 aromatic carbocycles. The molecule has 1 aliphatic rings. The molecule has 1 fully saturated rings. The molecule has 0 aliphatic heterocycles. The second-order valence-corrected chi connectivity index (χ2v) is 7.08. The van der Waals surface area contributed by atoms with Crippen molar-refractivity contribution in [3.8, 4) is 0 Å². The summed E-state index contributed by atoms with van der Waals surface area (Å²) in [6, 6.07) is 12.9. The van der Waals surface area contributed by atoms with Crippen molar-refractivity contribution in [3.63, 3.8) is 0 Å². The van der Waals surface area contributed by atoms with Crippen molar-refractivity contribution in [3.05, 3.63) is 60.2 Å². The van der Waals surface area contributed by atoms with Crippen molar-refractivity contribution >= 4 is 23.2 Å². The molecule has 0 aromatic heterocycles. The van der Waals surface area contributed by atoms with Crippen molar-refractivity contribution < 1.29 is 18.4 Å². The molecule has 28 heavy (non-hydrogen) atoms. The van der Waals surface area contributed by atoms with E-state index in [1.807, 2.05) is 37.3 Å². The molecule has 2 aromatic rings. The first-order valence-electron chi connectivity index (χ1n) is 9.62. The smallest absolute Gasteiger partial charge is 0.230 e. The molecule has 0 atom stereocenters. The number of hydrogen-bond acceptors (Lipinski definition) is 2. The number of hydrogen-bond donors (Lipinski definition) is 1. The van der Waals surface area contributed by atoms with Crippen LogP contribution in [0.5, 0.6) is 0 Å². The number of rotatable bonds is 5. The van der Waals surface area contributed by atoms with Crippen LogP contribution in [0.25, 0.3) is 0 Å². The highest BCUT2D eigenvalue weighted by atomic mass is 19.2. The summed E-state index contributed by atoms with van der Waals surface area (Å²) in [5.41, 5.74) is 1.12. The Morgan fingerprint density at radius 2 is 1.61 bits per heavy atom. The Bertz CT molecular complexity index is 834. The highest BCUT2D eigenvalue weighted by Crippen LogP contribution is 2.32. The highest BCUT2D eigenvalue weighted by molar-refractivity contribution is 5.96. The molecule has 4 nitrogen and oxygen atoms in total. The lowest BCUT2D eigenvalue weighted by molar-refractivity contribution is -0.126. The molecule has 0 radical (unpaired) electrons. The molecule has 0 unspecified atom stereocenters. The molecular formula is C22H24F2N2O2. The second-order valence-electron chi connectivity index (χ2n) is 7.08. The molecule has 2 amide bonds. The molecule has 1 N–H and O–H groups in total. The van der Waals surface area contributed by atoms with Gasteiger partial charge in [0.2, 0.25) is 11.8 Å². The molecule has 0 saturated heterocycles. The Kier molecular flexibility index (Phi) is 6.39. The molecule has 1 aliphatic carbocycles. The maximum atomic E-state index is 13.3. The van der Waals surface area contributed by atoms with Crippen molar-refractivity contribution in [1.29, 1.82) is 0 Å². The van der Waals surface area contributed by atoms with Gasteiger partial charge in [-0.1, -0.05) is 18.2 Å². The van der Waals surface area contributed by atoms with Crippen LogP contribution in [0.3, 0.4) is 0 Å². The van der Waals surface area contributed by atoms with E-state index in [1.54, 1.807) is 4.90 Å². The molecule has 1 saturated carbocycles. The van der Waals surface area contributed by atoms with E-state index in [9.17, 15) is 18.4 Å². The van der Waals surface area contributed by atoms with E-state index in [0.717, 1.165) is 17.8 Å². The van der Waals surface area contributed by atoms with Crippen LogP contribution < -0.4 is 10.2 Å². The number of anilines is 2. The van der Waals surface area contributed by atoms with Crippen molar-refractivity contribution in [2.24, 2.45) is 11.8 Å². The summed E-state index contributed by atoms with van der Waals surface area (Å²) in [6.07, 6.45) is 2.46.